The fraction of sp³-hybridized carbons (Fsp3) is 0.158. The molecule has 0 aliphatic rings. The number of para-hydroxylation sites is 1. The molecular formula is C19H14ClF3N2O3S. The molecular weight excluding hydrogens is 429 g/mol. The van der Waals surface area contributed by atoms with Crippen molar-refractivity contribution in [3.05, 3.63) is 58.1 Å². The van der Waals surface area contributed by atoms with E-state index in [0.29, 0.717) is 22.1 Å². The Labute approximate surface area is 173 Å². The standard InChI is InChI=1S/C19H14ClF3N2O3S/c1-27-15-5-3-4-11(16(15)28-2)18-25-14(9-29-18)17(26)24-10-6-7-13(20)12(8-10)19(21,22)23/h3-9H,1-2H3,(H,24,26). The lowest BCUT2D eigenvalue weighted by molar-refractivity contribution is -0.137. The summed E-state index contributed by atoms with van der Waals surface area (Å²) in [7, 11) is 2.99. The number of nitrogens with one attached hydrogen (secondary N) is 1. The highest BCUT2D eigenvalue weighted by Crippen LogP contribution is 2.39. The van der Waals surface area contributed by atoms with Crippen LogP contribution in [0, 0.1) is 0 Å². The molecule has 1 amide bonds. The topological polar surface area (TPSA) is 60.5 Å². The van der Waals surface area contributed by atoms with Gasteiger partial charge in [-0.25, -0.2) is 4.98 Å². The number of hydrogen-bond donors (Lipinski definition) is 1. The number of ether oxygens (including phenoxy) is 2. The van der Waals surface area contributed by atoms with Crippen LogP contribution < -0.4 is 14.8 Å². The molecule has 0 fully saturated rings. The molecule has 0 radical (unpaired) electrons. The van der Waals surface area contributed by atoms with Crippen molar-refractivity contribution in [2.24, 2.45) is 0 Å². The molecule has 0 spiro atoms. The number of rotatable bonds is 5. The minimum Gasteiger partial charge on any atom is -0.493 e. The number of anilines is 1. The zero-order valence-corrected chi connectivity index (χ0v) is 16.7. The monoisotopic (exact) mass is 442 g/mol. The average Bonchev–Trinajstić information content (AvgIpc) is 3.18. The third-order valence-corrected chi connectivity index (χ3v) is 5.10. The van der Waals surface area contributed by atoms with E-state index in [9.17, 15) is 18.0 Å². The molecule has 29 heavy (non-hydrogen) atoms. The molecule has 0 saturated carbocycles. The van der Waals surface area contributed by atoms with E-state index in [1.807, 2.05) is 0 Å². The Bertz CT molecular complexity index is 1050. The lowest BCUT2D eigenvalue weighted by Crippen LogP contribution is -2.14. The van der Waals surface area contributed by atoms with Crippen LogP contribution in [0.2, 0.25) is 5.02 Å². The van der Waals surface area contributed by atoms with E-state index in [2.05, 4.69) is 10.3 Å². The number of thiazole rings is 1. The minimum atomic E-state index is -4.63. The Morgan fingerprint density at radius 1 is 1.17 bits per heavy atom. The summed E-state index contributed by atoms with van der Waals surface area (Å²) in [6, 6.07) is 8.38. The van der Waals surface area contributed by atoms with Gasteiger partial charge in [0.15, 0.2) is 11.5 Å². The molecule has 0 unspecified atom stereocenters. The smallest absolute Gasteiger partial charge is 0.417 e. The fourth-order valence-corrected chi connectivity index (χ4v) is 3.62. The molecule has 0 aliphatic heterocycles. The summed E-state index contributed by atoms with van der Waals surface area (Å²) >= 11 is 6.78. The molecule has 10 heteroatoms. The van der Waals surface area contributed by atoms with Crippen molar-refractivity contribution < 1.29 is 27.4 Å². The van der Waals surface area contributed by atoms with Crippen LogP contribution in [-0.2, 0) is 6.18 Å². The third kappa shape index (κ3) is 4.46. The molecule has 152 valence electrons. The first-order valence-electron chi connectivity index (χ1n) is 8.09. The highest BCUT2D eigenvalue weighted by atomic mass is 35.5. The summed E-state index contributed by atoms with van der Waals surface area (Å²) in [5.74, 6) is 0.320. The Morgan fingerprint density at radius 2 is 1.93 bits per heavy atom. The van der Waals surface area contributed by atoms with Crippen LogP contribution in [0.15, 0.2) is 41.8 Å². The average molecular weight is 443 g/mol. The van der Waals surface area contributed by atoms with Gasteiger partial charge >= 0.3 is 6.18 Å². The SMILES string of the molecule is COc1cccc(-c2nc(C(=O)Nc3ccc(Cl)c(C(F)(F)F)c3)cs2)c1OC. The van der Waals surface area contributed by atoms with Crippen LogP contribution >= 0.6 is 22.9 Å². The van der Waals surface area contributed by atoms with Gasteiger partial charge in [0.25, 0.3) is 5.91 Å². The summed E-state index contributed by atoms with van der Waals surface area (Å²) in [5.41, 5.74) is -0.391. The molecule has 0 atom stereocenters. The van der Waals surface area contributed by atoms with Gasteiger partial charge in [0.05, 0.1) is 30.4 Å². The number of carbonyl (C=O) groups excluding carboxylic acids is 1. The summed E-state index contributed by atoms with van der Waals surface area (Å²) in [6.07, 6.45) is -4.63. The van der Waals surface area contributed by atoms with Crippen molar-refractivity contribution in [1.29, 1.82) is 0 Å². The molecule has 0 saturated heterocycles. The van der Waals surface area contributed by atoms with Crippen LogP contribution in [0.3, 0.4) is 0 Å². The number of methoxy groups -OCH3 is 2. The first kappa shape index (κ1) is 20.9. The lowest BCUT2D eigenvalue weighted by atomic mass is 10.2. The highest BCUT2D eigenvalue weighted by Gasteiger charge is 2.33. The van der Waals surface area contributed by atoms with Gasteiger partial charge in [0, 0.05) is 11.1 Å². The summed E-state index contributed by atoms with van der Waals surface area (Å²) < 4.78 is 49.6. The molecule has 2 aromatic carbocycles. The van der Waals surface area contributed by atoms with Gasteiger partial charge < -0.3 is 14.8 Å². The Morgan fingerprint density at radius 3 is 2.59 bits per heavy atom. The molecule has 1 heterocycles. The molecule has 1 N–H and O–H groups in total. The second kappa shape index (κ2) is 8.30. The minimum absolute atomic E-state index is 0.0414. The van der Waals surface area contributed by atoms with Gasteiger partial charge in [-0.3, -0.25) is 4.79 Å². The number of hydrogen-bond acceptors (Lipinski definition) is 5. The third-order valence-electron chi connectivity index (χ3n) is 3.90. The van der Waals surface area contributed by atoms with Crippen LogP contribution in [0.1, 0.15) is 16.1 Å². The van der Waals surface area contributed by atoms with Gasteiger partial charge in [-0.2, -0.15) is 13.2 Å². The van der Waals surface area contributed by atoms with Crippen molar-refractivity contribution in [3.63, 3.8) is 0 Å². The number of benzene rings is 2. The highest BCUT2D eigenvalue weighted by molar-refractivity contribution is 7.13. The van der Waals surface area contributed by atoms with Crippen LogP contribution in [0.5, 0.6) is 11.5 Å². The molecule has 1 aromatic heterocycles. The van der Waals surface area contributed by atoms with Crippen molar-refractivity contribution in [3.8, 4) is 22.1 Å². The maximum Gasteiger partial charge on any atom is 0.417 e. The van der Waals surface area contributed by atoms with Crippen molar-refractivity contribution in [1.82, 2.24) is 4.98 Å². The second-order valence-corrected chi connectivity index (χ2v) is 6.99. The van der Waals surface area contributed by atoms with E-state index in [1.165, 1.54) is 37.0 Å². The predicted molar refractivity (Wildman–Crippen MR) is 105 cm³/mol. The van der Waals surface area contributed by atoms with E-state index in [-0.39, 0.29) is 11.4 Å². The molecule has 0 bridgehead atoms. The van der Waals surface area contributed by atoms with Gasteiger partial charge in [-0.05, 0) is 30.3 Å². The van der Waals surface area contributed by atoms with E-state index in [0.717, 1.165) is 12.1 Å². The number of aromatic nitrogens is 1. The van der Waals surface area contributed by atoms with Crippen molar-refractivity contribution >= 4 is 34.5 Å². The maximum atomic E-state index is 13.0. The van der Waals surface area contributed by atoms with Crippen LogP contribution in [0.25, 0.3) is 10.6 Å². The Hall–Kier alpha value is -2.78. The number of alkyl halides is 3. The molecule has 3 rings (SSSR count). The largest absolute Gasteiger partial charge is 0.493 e. The van der Waals surface area contributed by atoms with Gasteiger partial charge in [-0.1, -0.05) is 17.7 Å². The molecule has 3 aromatic rings. The zero-order valence-electron chi connectivity index (χ0n) is 15.1. The fourth-order valence-electron chi connectivity index (χ4n) is 2.57. The first-order valence-corrected chi connectivity index (χ1v) is 9.35. The summed E-state index contributed by atoms with van der Waals surface area (Å²) in [4.78, 5) is 16.7. The van der Waals surface area contributed by atoms with Crippen LogP contribution in [-0.4, -0.2) is 25.1 Å². The number of amides is 1. The van der Waals surface area contributed by atoms with E-state index in [1.54, 1.807) is 18.2 Å². The second-order valence-electron chi connectivity index (χ2n) is 5.73. The normalized spacial score (nSPS) is 11.2. The Kier molecular flexibility index (Phi) is 5.99. The number of nitrogens with zero attached hydrogens (tertiary/aromatic N) is 1. The predicted octanol–water partition coefficient (Wildman–Crippen LogP) is 5.75. The summed E-state index contributed by atoms with van der Waals surface area (Å²) in [6.45, 7) is 0. The number of halogens is 4. The van der Waals surface area contributed by atoms with Gasteiger partial charge in [0.1, 0.15) is 10.7 Å². The van der Waals surface area contributed by atoms with Crippen molar-refractivity contribution in [2.45, 2.75) is 6.18 Å². The lowest BCUT2D eigenvalue weighted by Gasteiger charge is -2.11. The van der Waals surface area contributed by atoms with Crippen LogP contribution in [0.4, 0.5) is 18.9 Å². The maximum absolute atomic E-state index is 13.0. The van der Waals surface area contributed by atoms with Crippen molar-refractivity contribution in [2.75, 3.05) is 19.5 Å². The molecule has 0 aliphatic carbocycles. The van der Waals surface area contributed by atoms with E-state index >= 15 is 0 Å². The summed E-state index contributed by atoms with van der Waals surface area (Å²) in [5, 5.41) is 3.96. The van der Waals surface area contributed by atoms with E-state index < -0.39 is 22.7 Å². The van der Waals surface area contributed by atoms with E-state index in [4.69, 9.17) is 21.1 Å². The van der Waals surface area contributed by atoms with Gasteiger partial charge in [0.2, 0.25) is 0 Å². The Balaban J connectivity index is 1.86. The molecule has 5 nitrogen and oxygen atoms in total. The van der Waals surface area contributed by atoms with Gasteiger partial charge in [-0.15, -0.1) is 11.3 Å². The first-order chi connectivity index (χ1) is 13.7. The zero-order chi connectivity index (χ0) is 21.2. The quantitative estimate of drug-likeness (QED) is 0.546. The number of carbonyl (C=O) groups is 1.